The summed E-state index contributed by atoms with van der Waals surface area (Å²) < 4.78 is 70.2. The monoisotopic (exact) mass is 1240 g/mol. The van der Waals surface area contributed by atoms with Crippen LogP contribution >= 0.6 is 23.2 Å². The summed E-state index contributed by atoms with van der Waals surface area (Å²) in [6.45, 7) is 1.23. The number of rotatable bonds is 28. The zero-order valence-electron chi connectivity index (χ0n) is 51.1. The second kappa shape index (κ2) is 29.7. The van der Waals surface area contributed by atoms with Crippen molar-refractivity contribution in [2.24, 2.45) is 0 Å². The average Bonchev–Trinajstić information content (AvgIpc) is 0.909. The molecule has 464 valence electrons. The molecule has 6 unspecified atom stereocenters. The molecule has 2 aliphatic rings. The van der Waals surface area contributed by atoms with Crippen molar-refractivity contribution in [3.05, 3.63) is 164 Å². The van der Waals surface area contributed by atoms with Gasteiger partial charge in [0.15, 0.2) is 46.0 Å². The predicted molar refractivity (Wildman–Crippen MR) is 327 cm³/mol. The Morgan fingerprint density at radius 1 is 0.437 bits per heavy atom. The van der Waals surface area contributed by atoms with Crippen molar-refractivity contribution in [3.8, 4) is 46.0 Å². The molecule has 0 amide bonds. The molecular weight excluding hydrogens is 1160 g/mol. The van der Waals surface area contributed by atoms with Gasteiger partial charge in [-0.3, -0.25) is 0 Å². The molecule has 6 aromatic rings. The molecule has 2 aliphatic heterocycles. The number of hydrogen-bond acceptors (Lipinski definition) is 16. The number of benzene rings is 6. The lowest BCUT2D eigenvalue weighted by Gasteiger charge is -2.47. The number of hydrogen-bond donors (Lipinski definition) is 0. The van der Waals surface area contributed by atoms with Gasteiger partial charge in [-0.25, -0.2) is 19.2 Å². The molecule has 0 N–H and O–H groups in total. The van der Waals surface area contributed by atoms with Gasteiger partial charge in [0.25, 0.3) is 0 Å². The number of unbranched alkanes of at least 4 members (excludes halogenated alkanes) is 2. The number of quaternary nitrogens is 2. The van der Waals surface area contributed by atoms with E-state index in [1.165, 1.54) is 0 Å². The third kappa shape index (κ3) is 15.6. The Labute approximate surface area is 519 Å². The molecule has 0 aliphatic carbocycles. The zero-order valence-corrected chi connectivity index (χ0v) is 52.6. The maximum atomic E-state index is 14.4. The molecule has 87 heavy (non-hydrogen) atoms. The Balaban J connectivity index is 0.979. The number of ether oxygens (including phenoxy) is 12. The van der Waals surface area contributed by atoms with Gasteiger partial charge in [-0.1, -0.05) is 35.3 Å². The normalized spacial score (nSPS) is 18.3. The maximum absolute atomic E-state index is 14.4. The second-order valence-electron chi connectivity index (χ2n) is 22.1. The molecule has 0 aromatic heterocycles. The third-order valence-electron chi connectivity index (χ3n) is 16.7. The fourth-order valence-corrected chi connectivity index (χ4v) is 12.0. The van der Waals surface area contributed by atoms with Gasteiger partial charge < -0.3 is 65.8 Å². The molecule has 6 aromatic carbocycles. The van der Waals surface area contributed by atoms with Crippen LogP contribution in [0.1, 0.15) is 85.4 Å². The summed E-state index contributed by atoms with van der Waals surface area (Å²) >= 11 is 12.4. The van der Waals surface area contributed by atoms with Crippen molar-refractivity contribution < 1.29 is 85.0 Å². The molecule has 6 atom stereocenters. The largest absolute Gasteiger partial charge is 0.493 e. The molecule has 18 nitrogen and oxygen atoms in total. The van der Waals surface area contributed by atoms with Gasteiger partial charge in [0, 0.05) is 46.9 Å². The number of fused-ring (bicyclic) bond motifs is 2. The average molecular weight is 1240 g/mol. The molecule has 0 radical (unpaired) electrons. The van der Waals surface area contributed by atoms with E-state index in [9.17, 15) is 19.2 Å². The number of likely N-dealkylation sites (N-methyl/N-ethyl adjacent to an activating group) is 2. The first-order chi connectivity index (χ1) is 41.9. The van der Waals surface area contributed by atoms with E-state index < -0.39 is 36.1 Å². The zero-order chi connectivity index (χ0) is 62.4. The summed E-state index contributed by atoms with van der Waals surface area (Å²) in [6, 6.07) is 31.5. The van der Waals surface area contributed by atoms with Gasteiger partial charge in [-0.05, 0) is 139 Å². The van der Waals surface area contributed by atoms with Gasteiger partial charge >= 0.3 is 23.9 Å². The molecule has 0 saturated carbocycles. The summed E-state index contributed by atoms with van der Waals surface area (Å²) in [7, 11) is 16.8. The van der Waals surface area contributed by atoms with E-state index in [0.29, 0.717) is 114 Å². The molecule has 0 saturated heterocycles. The van der Waals surface area contributed by atoms with Crippen LogP contribution in [0.5, 0.6) is 46.0 Å². The topological polar surface area (TPSA) is 179 Å². The molecule has 0 bridgehead atoms. The van der Waals surface area contributed by atoms with Gasteiger partial charge in [-0.15, -0.1) is 0 Å². The Morgan fingerprint density at radius 3 is 1.11 bits per heavy atom. The highest BCUT2D eigenvalue weighted by Gasteiger charge is 2.47. The molecule has 0 fully saturated rings. The van der Waals surface area contributed by atoms with E-state index in [0.717, 1.165) is 33.4 Å². The lowest BCUT2D eigenvalue weighted by molar-refractivity contribution is -0.943. The van der Waals surface area contributed by atoms with E-state index in [2.05, 4.69) is 0 Å². The minimum Gasteiger partial charge on any atom is -0.493 e. The van der Waals surface area contributed by atoms with Gasteiger partial charge in [0.2, 0.25) is 12.2 Å². The van der Waals surface area contributed by atoms with E-state index in [1.54, 1.807) is 105 Å². The number of halogens is 2. The first-order valence-electron chi connectivity index (χ1n) is 28.8. The summed E-state index contributed by atoms with van der Waals surface area (Å²) in [6.07, 6.45) is 0.848. The Kier molecular flexibility index (Phi) is 22.2. The van der Waals surface area contributed by atoms with Crippen LogP contribution < -0.4 is 37.9 Å². The molecule has 8 rings (SSSR count). The lowest BCUT2D eigenvalue weighted by Crippen LogP contribution is -2.57. The van der Waals surface area contributed by atoms with Crippen LogP contribution in [0.15, 0.2) is 109 Å². The molecule has 20 heteroatoms. The minimum atomic E-state index is -1.33. The van der Waals surface area contributed by atoms with Gasteiger partial charge in [0.05, 0.1) is 108 Å². The maximum Gasteiger partial charge on any atom is 0.353 e. The van der Waals surface area contributed by atoms with Crippen LogP contribution in [0.3, 0.4) is 0 Å². The number of esters is 4. The number of methoxy groups -OCH3 is 8. The van der Waals surface area contributed by atoms with Crippen LogP contribution in [0, 0.1) is 0 Å². The Morgan fingerprint density at radius 2 is 0.770 bits per heavy atom. The first kappa shape index (κ1) is 65.1. The van der Waals surface area contributed by atoms with Gasteiger partial charge in [-0.2, -0.15) is 0 Å². The van der Waals surface area contributed by atoms with Crippen LogP contribution in [0.4, 0.5) is 0 Å². The summed E-state index contributed by atoms with van der Waals surface area (Å²) in [4.78, 5) is 56.7. The van der Waals surface area contributed by atoms with Crippen LogP contribution in [-0.4, -0.2) is 155 Å². The quantitative estimate of drug-likeness (QED) is 0.0196. The van der Waals surface area contributed by atoms with E-state index in [1.807, 2.05) is 74.8 Å². The fourth-order valence-electron chi connectivity index (χ4n) is 11.8. The number of carbonyl (C=O) groups excluding carboxylic acids is 4. The van der Waals surface area contributed by atoms with Crippen molar-refractivity contribution in [1.82, 2.24) is 0 Å². The predicted octanol–water partition coefficient (Wildman–Crippen LogP) is 11.0. The van der Waals surface area contributed by atoms with Crippen LogP contribution in [0.25, 0.3) is 0 Å². The smallest absolute Gasteiger partial charge is 0.353 e. The molecule has 0 spiro atoms. The summed E-state index contributed by atoms with van der Waals surface area (Å²) in [5, 5.41) is 0.870. The lowest BCUT2D eigenvalue weighted by atomic mass is 9.86. The number of nitrogens with zero attached hydrogens (tertiary/aromatic N) is 2. The van der Waals surface area contributed by atoms with Crippen LogP contribution in [-0.2, 0) is 54.2 Å². The summed E-state index contributed by atoms with van der Waals surface area (Å²) in [5.41, 5.74) is 6.44. The van der Waals surface area contributed by atoms with Crippen molar-refractivity contribution >= 4 is 47.1 Å². The van der Waals surface area contributed by atoms with Crippen molar-refractivity contribution in [1.29, 1.82) is 0 Å². The highest BCUT2D eigenvalue weighted by Crippen LogP contribution is 2.46. The second-order valence-corrected chi connectivity index (χ2v) is 23.0. The van der Waals surface area contributed by atoms with E-state index in [4.69, 9.17) is 80.0 Å². The van der Waals surface area contributed by atoms with Crippen molar-refractivity contribution in [2.75, 3.05) is 110 Å². The highest BCUT2D eigenvalue weighted by atomic mass is 35.5. The third-order valence-corrected chi connectivity index (χ3v) is 17.2. The van der Waals surface area contributed by atoms with Gasteiger partial charge in [0.1, 0.15) is 25.2 Å². The molecule has 2 heterocycles. The first-order valence-corrected chi connectivity index (χ1v) is 29.5. The highest BCUT2D eigenvalue weighted by molar-refractivity contribution is 6.31. The Bertz CT molecular complexity index is 3160. The number of carbonyl (C=O) groups is 4. The van der Waals surface area contributed by atoms with Crippen molar-refractivity contribution in [3.63, 3.8) is 0 Å². The van der Waals surface area contributed by atoms with Crippen molar-refractivity contribution in [2.45, 2.75) is 69.2 Å². The van der Waals surface area contributed by atoms with Crippen LogP contribution in [0.2, 0.25) is 10.0 Å². The van der Waals surface area contributed by atoms with E-state index in [-0.39, 0.29) is 58.5 Å². The SMILES string of the molecule is COc1ccc(CC2c3cc(OC)c(OC)cc3CC[N+]2(C)CC(OC(=O)c2ccc(Cl)cc2)C(=O)OCCCCCOC(=O)C(C[N+]2(C)CCc3cc(OC)c(OC)cc3C2Cc2ccc(OC)c(OC)c2)OC(=O)c2ccc(Cl)cc2)cc1OC. The van der Waals surface area contributed by atoms with E-state index >= 15 is 0 Å². The summed E-state index contributed by atoms with van der Waals surface area (Å²) in [5.74, 6) is 1.77. The Hall–Kier alpha value is -7.90. The standard InChI is InChI=1S/C67H78Cl2N2O16/c1-70(28-26-46-36-58(80-7)60(82-9)38-50(46)52(70)32-42-14-24-54(76-3)56(34-42)78-5)40-62(86-64(72)44-16-20-48(68)21-17-44)66(74)84-30-12-11-13-31-85-67(75)63(87-65(73)45-18-22-49(69)23-19-45)41-71(2)29-27-47-37-59(81-8)61(83-10)39-51(47)53(71)33-43-15-25-55(77-4)57(35-43)79-6/h14-25,34-39,52-53,62-63H,11-13,26-33,40-41H2,1-10H3/q+2. The fraction of sp³-hybridized carbons (Fsp3) is 0.403. The minimum absolute atomic E-state index is 0.0167. The molecular formula is C67H78Cl2N2O16+2.